The molecule has 1 aromatic carbocycles. The van der Waals surface area contributed by atoms with E-state index in [9.17, 15) is 4.79 Å². The number of ether oxygens (including phenoxy) is 1. The number of rotatable bonds is 2. The van der Waals surface area contributed by atoms with E-state index in [4.69, 9.17) is 16.3 Å². The summed E-state index contributed by atoms with van der Waals surface area (Å²) in [5, 5.41) is 3.60. The first kappa shape index (κ1) is 12.9. The Morgan fingerprint density at radius 3 is 2.94 bits per heavy atom. The molecule has 2 rings (SSSR count). The van der Waals surface area contributed by atoms with Gasteiger partial charge in [0.05, 0.1) is 17.7 Å². The van der Waals surface area contributed by atoms with Crippen LogP contribution in [-0.4, -0.2) is 24.7 Å². The average molecular weight is 319 g/mol. The van der Waals surface area contributed by atoms with E-state index < -0.39 is 0 Å². The van der Waals surface area contributed by atoms with Gasteiger partial charge in [0.15, 0.2) is 0 Å². The lowest BCUT2D eigenvalue weighted by Crippen LogP contribution is -2.46. The zero-order valence-electron chi connectivity index (χ0n) is 9.43. The third-order valence-electron chi connectivity index (χ3n) is 2.81. The maximum absolute atomic E-state index is 12.1. The van der Waals surface area contributed by atoms with Crippen molar-refractivity contribution in [3.63, 3.8) is 0 Å². The van der Waals surface area contributed by atoms with E-state index in [1.54, 1.807) is 18.2 Å². The predicted molar refractivity (Wildman–Crippen MR) is 70.5 cm³/mol. The Labute approximate surface area is 114 Å². The standard InChI is InChI=1S/C12H13BrClNO2/c1-12(4-5-17-7-12)15-11(16)9-3-2-8(14)6-10(9)13/h2-3,6H,4-5,7H2,1H3,(H,15,16). The second kappa shape index (κ2) is 4.96. The van der Waals surface area contributed by atoms with Crippen LogP contribution in [0.3, 0.4) is 0 Å². The maximum Gasteiger partial charge on any atom is 0.252 e. The monoisotopic (exact) mass is 317 g/mol. The third-order valence-corrected chi connectivity index (χ3v) is 3.70. The first-order valence-corrected chi connectivity index (χ1v) is 6.53. The molecule has 1 amide bonds. The van der Waals surface area contributed by atoms with Crippen molar-refractivity contribution < 1.29 is 9.53 Å². The van der Waals surface area contributed by atoms with Gasteiger partial charge in [0.25, 0.3) is 5.91 Å². The van der Waals surface area contributed by atoms with Crippen LogP contribution < -0.4 is 5.32 Å². The number of nitrogens with one attached hydrogen (secondary N) is 1. The van der Waals surface area contributed by atoms with E-state index in [2.05, 4.69) is 21.2 Å². The van der Waals surface area contributed by atoms with Crippen molar-refractivity contribution in [3.05, 3.63) is 33.3 Å². The molecule has 0 aliphatic carbocycles. The van der Waals surface area contributed by atoms with Gasteiger partial charge in [-0.25, -0.2) is 0 Å². The Bertz CT molecular complexity index is 444. The Hall–Kier alpha value is -0.580. The summed E-state index contributed by atoms with van der Waals surface area (Å²) in [7, 11) is 0. The first-order chi connectivity index (χ1) is 8.00. The highest BCUT2D eigenvalue weighted by Gasteiger charge is 2.31. The lowest BCUT2D eigenvalue weighted by atomic mass is 10.0. The van der Waals surface area contributed by atoms with Crippen molar-refractivity contribution in [1.82, 2.24) is 5.32 Å². The van der Waals surface area contributed by atoms with E-state index in [0.29, 0.717) is 28.3 Å². The third kappa shape index (κ3) is 3.00. The summed E-state index contributed by atoms with van der Waals surface area (Å²) in [6, 6.07) is 5.12. The minimum Gasteiger partial charge on any atom is -0.379 e. The molecule has 1 aliphatic rings. The molecule has 0 radical (unpaired) electrons. The molecule has 92 valence electrons. The summed E-state index contributed by atoms with van der Waals surface area (Å²) in [5.74, 6) is -0.110. The Morgan fingerprint density at radius 1 is 1.59 bits per heavy atom. The van der Waals surface area contributed by atoms with E-state index in [1.165, 1.54) is 0 Å². The van der Waals surface area contributed by atoms with Crippen LogP contribution in [0.4, 0.5) is 0 Å². The van der Waals surface area contributed by atoms with Gasteiger partial charge in [0.1, 0.15) is 0 Å². The average Bonchev–Trinajstić information content (AvgIpc) is 2.64. The summed E-state index contributed by atoms with van der Waals surface area (Å²) in [6.45, 7) is 3.24. The number of carbonyl (C=O) groups is 1. The van der Waals surface area contributed by atoms with Crippen LogP contribution in [0.5, 0.6) is 0 Å². The van der Waals surface area contributed by atoms with Gasteiger partial charge in [0, 0.05) is 16.1 Å². The van der Waals surface area contributed by atoms with Crippen molar-refractivity contribution in [2.75, 3.05) is 13.2 Å². The summed E-state index contributed by atoms with van der Waals surface area (Å²) in [4.78, 5) is 12.1. The smallest absolute Gasteiger partial charge is 0.252 e. The number of amides is 1. The van der Waals surface area contributed by atoms with Gasteiger partial charge >= 0.3 is 0 Å². The Balaban J connectivity index is 2.14. The van der Waals surface area contributed by atoms with Crippen LogP contribution in [0, 0.1) is 0 Å². The van der Waals surface area contributed by atoms with Crippen LogP contribution in [0.25, 0.3) is 0 Å². The Kier molecular flexibility index (Phi) is 3.76. The van der Waals surface area contributed by atoms with E-state index in [-0.39, 0.29) is 11.4 Å². The lowest BCUT2D eigenvalue weighted by Gasteiger charge is -2.23. The topological polar surface area (TPSA) is 38.3 Å². The van der Waals surface area contributed by atoms with Gasteiger partial charge in [-0.15, -0.1) is 0 Å². The van der Waals surface area contributed by atoms with Gasteiger partial charge in [0.2, 0.25) is 0 Å². The van der Waals surface area contributed by atoms with Gasteiger partial charge < -0.3 is 10.1 Å². The van der Waals surface area contributed by atoms with Gasteiger partial charge in [-0.3, -0.25) is 4.79 Å². The molecule has 0 aromatic heterocycles. The largest absolute Gasteiger partial charge is 0.379 e. The van der Waals surface area contributed by atoms with Crippen molar-refractivity contribution in [1.29, 1.82) is 0 Å². The van der Waals surface area contributed by atoms with Crippen molar-refractivity contribution >= 4 is 33.4 Å². The molecule has 1 unspecified atom stereocenters. The number of benzene rings is 1. The highest BCUT2D eigenvalue weighted by Crippen LogP contribution is 2.23. The fraction of sp³-hybridized carbons (Fsp3) is 0.417. The zero-order chi connectivity index (χ0) is 12.5. The van der Waals surface area contributed by atoms with E-state index >= 15 is 0 Å². The molecule has 0 saturated carbocycles. The zero-order valence-corrected chi connectivity index (χ0v) is 11.8. The molecular formula is C12H13BrClNO2. The lowest BCUT2D eigenvalue weighted by molar-refractivity contribution is 0.0889. The second-order valence-corrected chi connectivity index (χ2v) is 5.73. The normalized spacial score (nSPS) is 23.7. The minimum absolute atomic E-state index is 0.110. The molecule has 1 saturated heterocycles. The molecule has 0 spiro atoms. The minimum atomic E-state index is -0.268. The fourth-order valence-electron chi connectivity index (χ4n) is 1.78. The molecule has 17 heavy (non-hydrogen) atoms. The SMILES string of the molecule is CC1(NC(=O)c2ccc(Cl)cc2Br)CCOC1. The van der Waals surface area contributed by atoms with Crippen LogP contribution >= 0.6 is 27.5 Å². The van der Waals surface area contributed by atoms with Crippen LogP contribution in [0.15, 0.2) is 22.7 Å². The number of carbonyl (C=O) groups excluding carboxylic acids is 1. The van der Waals surface area contributed by atoms with Crippen molar-refractivity contribution in [2.24, 2.45) is 0 Å². The first-order valence-electron chi connectivity index (χ1n) is 5.35. The molecule has 0 bridgehead atoms. The molecule has 5 heteroatoms. The summed E-state index contributed by atoms with van der Waals surface area (Å²) in [5.41, 5.74) is 0.318. The van der Waals surface area contributed by atoms with Gasteiger partial charge in [-0.1, -0.05) is 11.6 Å². The predicted octanol–water partition coefficient (Wildman–Crippen LogP) is 3.01. The quantitative estimate of drug-likeness (QED) is 0.910. The summed E-state index contributed by atoms with van der Waals surface area (Å²) < 4.78 is 6.00. The summed E-state index contributed by atoms with van der Waals surface area (Å²) >= 11 is 9.18. The molecule has 1 aromatic rings. The van der Waals surface area contributed by atoms with E-state index in [1.807, 2.05) is 6.92 Å². The molecule has 1 N–H and O–H groups in total. The van der Waals surface area contributed by atoms with Crippen molar-refractivity contribution in [3.8, 4) is 0 Å². The number of halogens is 2. The fourth-order valence-corrected chi connectivity index (χ4v) is 2.64. The van der Waals surface area contributed by atoms with Crippen LogP contribution in [0.1, 0.15) is 23.7 Å². The second-order valence-electron chi connectivity index (χ2n) is 4.44. The van der Waals surface area contributed by atoms with Gasteiger partial charge in [-0.2, -0.15) is 0 Å². The van der Waals surface area contributed by atoms with E-state index in [0.717, 1.165) is 6.42 Å². The highest BCUT2D eigenvalue weighted by molar-refractivity contribution is 9.10. The van der Waals surface area contributed by atoms with Crippen molar-refractivity contribution in [2.45, 2.75) is 18.9 Å². The maximum atomic E-state index is 12.1. The van der Waals surface area contributed by atoms with Crippen LogP contribution in [-0.2, 0) is 4.74 Å². The molecule has 1 fully saturated rings. The summed E-state index contributed by atoms with van der Waals surface area (Å²) in [6.07, 6.45) is 0.837. The highest BCUT2D eigenvalue weighted by atomic mass is 79.9. The number of hydrogen-bond acceptors (Lipinski definition) is 2. The molecular weight excluding hydrogens is 305 g/mol. The molecule has 1 heterocycles. The molecule has 1 aliphatic heterocycles. The number of hydrogen-bond donors (Lipinski definition) is 1. The molecule has 1 atom stereocenters. The Morgan fingerprint density at radius 2 is 2.35 bits per heavy atom. The van der Waals surface area contributed by atoms with Gasteiger partial charge in [-0.05, 0) is 47.5 Å². The molecule has 3 nitrogen and oxygen atoms in total. The van der Waals surface area contributed by atoms with Crippen LogP contribution in [0.2, 0.25) is 5.02 Å².